The largest absolute Gasteiger partial charge is 0.368 e. The maximum absolute atomic E-state index is 14.1. The summed E-state index contributed by atoms with van der Waals surface area (Å²) in [6.45, 7) is 4.79. The molecule has 1 atom stereocenters. The molecule has 0 aliphatic carbocycles. The van der Waals surface area contributed by atoms with Crippen molar-refractivity contribution in [3.63, 3.8) is 0 Å². The average Bonchev–Trinajstić information content (AvgIpc) is 2.51. The number of benzene rings is 1. The van der Waals surface area contributed by atoms with Gasteiger partial charge in [0.2, 0.25) is 11.9 Å². The monoisotopic (exact) mass is 403 g/mol. The molecule has 25 heavy (non-hydrogen) atoms. The third-order valence-corrected chi connectivity index (χ3v) is 5.24. The van der Waals surface area contributed by atoms with E-state index in [0.717, 1.165) is 17.1 Å². The first-order valence-electron chi connectivity index (χ1n) is 7.74. The summed E-state index contributed by atoms with van der Waals surface area (Å²) in [5.74, 6) is 0.979. The smallest absolute Gasteiger partial charge is 0.228 e. The third kappa shape index (κ3) is 5.87. The van der Waals surface area contributed by atoms with Crippen LogP contribution in [0.15, 0.2) is 23.1 Å². The highest BCUT2D eigenvalue weighted by Crippen LogP contribution is 2.30. The maximum atomic E-state index is 14.1. The van der Waals surface area contributed by atoms with Crippen molar-refractivity contribution in [3.8, 4) is 0 Å². The first-order valence-corrected chi connectivity index (χ1v) is 9.48. The SMILES string of the molecule is CCC(CSc1ccc(Cl)cc1Cl)Nc1nc(N)nc(C(C)(C)F)n1. The van der Waals surface area contributed by atoms with Gasteiger partial charge in [-0.2, -0.15) is 15.0 Å². The summed E-state index contributed by atoms with van der Waals surface area (Å²) < 4.78 is 14.1. The Hall–Kier alpha value is -1.31. The number of nitrogens with two attached hydrogens (primary N) is 1. The van der Waals surface area contributed by atoms with Gasteiger partial charge in [0.25, 0.3) is 0 Å². The zero-order valence-corrected chi connectivity index (χ0v) is 16.5. The molecule has 0 aliphatic rings. The van der Waals surface area contributed by atoms with E-state index in [1.165, 1.54) is 13.8 Å². The lowest BCUT2D eigenvalue weighted by Crippen LogP contribution is -2.25. The van der Waals surface area contributed by atoms with Crippen LogP contribution in [0.1, 0.15) is 33.0 Å². The molecular weight excluding hydrogens is 384 g/mol. The van der Waals surface area contributed by atoms with Crippen LogP contribution < -0.4 is 11.1 Å². The van der Waals surface area contributed by atoms with Crippen LogP contribution >= 0.6 is 35.0 Å². The van der Waals surface area contributed by atoms with Gasteiger partial charge in [0.15, 0.2) is 11.5 Å². The van der Waals surface area contributed by atoms with Crippen molar-refractivity contribution in [3.05, 3.63) is 34.1 Å². The van der Waals surface area contributed by atoms with Gasteiger partial charge in [-0.3, -0.25) is 0 Å². The Bertz CT molecular complexity index is 739. The molecule has 1 unspecified atom stereocenters. The lowest BCUT2D eigenvalue weighted by molar-refractivity contribution is 0.206. The zero-order valence-electron chi connectivity index (χ0n) is 14.2. The third-order valence-electron chi connectivity index (χ3n) is 3.34. The number of halogens is 3. The molecule has 1 aromatic heterocycles. The van der Waals surface area contributed by atoms with Crippen LogP contribution in [-0.4, -0.2) is 26.7 Å². The number of thioether (sulfide) groups is 1. The zero-order chi connectivity index (χ0) is 18.6. The Morgan fingerprint density at radius 1 is 1.28 bits per heavy atom. The highest BCUT2D eigenvalue weighted by atomic mass is 35.5. The van der Waals surface area contributed by atoms with Gasteiger partial charge in [0.1, 0.15) is 0 Å². The summed E-state index contributed by atoms with van der Waals surface area (Å²) in [4.78, 5) is 13.0. The van der Waals surface area contributed by atoms with E-state index in [9.17, 15) is 4.39 Å². The molecule has 1 aromatic carbocycles. The van der Waals surface area contributed by atoms with Gasteiger partial charge < -0.3 is 11.1 Å². The van der Waals surface area contributed by atoms with E-state index in [0.29, 0.717) is 10.0 Å². The number of nitrogen functional groups attached to an aromatic ring is 1. The normalized spacial score (nSPS) is 12.9. The van der Waals surface area contributed by atoms with Gasteiger partial charge >= 0.3 is 0 Å². The number of hydrogen-bond acceptors (Lipinski definition) is 6. The predicted molar refractivity (Wildman–Crippen MR) is 103 cm³/mol. The summed E-state index contributed by atoms with van der Waals surface area (Å²) >= 11 is 13.7. The van der Waals surface area contributed by atoms with Crippen molar-refractivity contribution in [1.82, 2.24) is 15.0 Å². The molecule has 3 N–H and O–H groups in total. The Morgan fingerprint density at radius 2 is 2.00 bits per heavy atom. The second-order valence-corrected chi connectivity index (χ2v) is 7.85. The number of aromatic nitrogens is 3. The standard InChI is InChI=1S/C16H20Cl2FN5S/c1-4-10(8-25-12-6-5-9(17)7-11(12)18)21-15-23-13(16(2,3)19)22-14(20)24-15/h5-7,10H,4,8H2,1-3H3,(H3,20,21,22,23,24). The summed E-state index contributed by atoms with van der Waals surface area (Å²) in [6, 6.07) is 5.44. The Kier molecular flexibility index (Phi) is 6.71. The number of rotatable bonds is 7. The molecule has 136 valence electrons. The molecule has 0 radical (unpaired) electrons. The number of hydrogen-bond donors (Lipinski definition) is 2. The fraction of sp³-hybridized carbons (Fsp3) is 0.438. The lowest BCUT2D eigenvalue weighted by Gasteiger charge is -2.19. The number of nitrogens with zero attached hydrogens (tertiary/aromatic N) is 3. The quantitative estimate of drug-likeness (QED) is 0.636. The van der Waals surface area contributed by atoms with Crippen LogP contribution in [0.3, 0.4) is 0 Å². The number of anilines is 2. The van der Waals surface area contributed by atoms with Crippen molar-refractivity contribution in [2.24, 2.45) is 0 Å². The summed E-state index contributed by atoms with van der Waals surface area (Å²) in [5, 5.41) is 4.39. The van der Waals surface area contributed by atoms with Crippen molar-refractivity contribution >= 4 is 46.9 Å². The molecule has 0 fully saturated rings. The van der Waals surface area contributed by atoms with Crippen LogP contribution in [-0.2, 0) is 5.67 Å². The molecule has 0 saturated heterocycles. The first kappa shape index (κ1) is 20.0. The Labute approximate surface area is 160 Å². The topological polar surface area (TPSA) is 76.7 Å². The predicted octanol–water partition coefficient (Wildman–Crippen LogP) is 4.95. The second kappa shape index (κ2) is 8.38. The maximum Gasteiger partial charge on any atom is 0.228 e. The number of alkyl halides is 1. The van der Waals surface area contributed by atoms with Crippen LogP contribution in [0, 0.1) is 0 Å². The van der Waals surface area contributed by atoms with Gasteiger partial charge in [-0.1, -0.05) is 30.1 Å². The van der Waals surface area contributed by atoms with E-state index in [1.807, 2.05) is 13.0 Å². The summed E-state index contributed by atoms with van der Waals surface area (Å²) in [7, 11) is 0. The summed E-state index contributed by atoms with van der Waals surface area (Å²) in [6.07, 6.45) is 0.818. The van der Waals surface area contributed by atoms with Crippen LogP contribution in [0.5, 0.6) is 0 Å². The van der Waals surface area contributed by atoms with E-state index in [2.05, 4.69) is 20.3 Å². The Balaban J connectivity index is 2.08. The molecule has 9 heteroatoms. The number of nitrogens with one attached hydrogen (secondary N) is 1. The molecule has 2 aromatic rings. The lowest BCUT2D eigenvalue weighted by atomic mass is 10.1. The van der Waals surface area contributed by atoms with Gasteiger partial charge in [-0.05, 0) is 38.5 Å². The van der Waals surface area contributed by atoms with Gasteiger partial charge in [0.05, 0.1) is 5.02 Å². The van der Waals surface area contributed by atoms with Crippen LogP contribution in [0.4, 0.5) is 16.3 Å². The van der Waals surface area contributed by atoms with Crippen molar-refractivity contribution < 1.29 is 4.39 Å². The van der Waals surface area contributed by atoms with Crippen LogP contribution in [0.2, 0.25) is 10.0 Å². The van der Waals surface area contributed by atoms with Crippen molar-refractivity contribution in [1.29, 1.82) is 0 Å². The summed E-state index contributed by atoms with van der Waals surface area (Å²) in [5.41, 5.74) is 3.97. The minimum atomic E-state index is -1.69. The van der Waals surface area contributed by atoms with Crippen LogP contribution in [0.25, 0.3) is 0 Å². The van der Waals surface area contributed by atoms with Gasteiger partial charge in [-0.25, -0.2) is 4.39 Å². The van der Waals surface area contributed by atoms with E-state index in [-0.39, 0.29) is 23.8 Å². The highest BCUT2D eigenvalue weighted by Gasteiger charge is 2.24. The molecule has 0 spiro atoms. The molecule has 2 rings (SSSR count). The highest BCUT2D eigenvalue weighted by molar-refractivity contribution is 7.99. The minimum Gasteiger partial charge on any atom is -0.368 e. The van der Waals surface area contributed by atoms with E-state index >= 15 is 0 Å². The minimum absolute atomic E-state index is 0.00533. The van der Waals surface area contributed by atoms with Gasteiger partial charge in [-0.15, -0.1) is 11.8 Å². The van der Waals surface area contributed by atoms with Crippen molar-refractivity contribution in [2.75, 3.05) is 16.8 Å². The first-order chi connectivity index (χ1) is 11.7. The van der Waals surface area contributed by atoms with Gasteiger partial charge in [0, 0.05) is 21.7 Å². The molecule has 1 heterocycles. The second-order valence-electron chi connectivity index (χ2n) is 5.95. The molecule has 0 amide bonds. The average molecular weight is 404 g/mol. The van der Waals surface area contributed by atoms with E-state index < -0.39 is 5.67 Å². The molecule has 0 bridgehead atoms. The Morgan fingerprint density at radius 3 is 2.60 bits per heavy atom. The van der Waals surface area contributed by atoms with E-state index in [1.54, 1.807) is 23.9 Å². The molecular formula is C16H20Cl2FN5S. The molecule has 0 saturated carbocycles. The molecule has 5 nitrogen and oxygen atoms in total. The fourth-order valence-corrected chi connectivity index (χ4v) is 3.58. The molecule has 0 aliphatic heterocycles. The van der Waals surface area contributed by atoms with Crippen molar-refractivity contribution in [2.45, 2.75) is 43.8 Å². The van der Waals surface area contributed by atoms with E-state index in [4.69, 9.17) is 28.9 Å². The fourth-order valence-electron chi connectivity index (χ4n) is 1.95.